The molecule has 1 aromatic heterocycles. The van der Waals surface area contributed by atoms with Crippen LogP contribution in [0.25, 0.3) is 0 Å². The van der Waals surface area contributed by atoms with Gasteiger partial charge in [0, 0.05) is 29.8 Å². The molecular weight excluding hydrogens is 310 g/mol. The van der Waals surface area contributed by atoms with E-state index in [0.717, 1.165) is 24.0 Å². The summed E-state index contributed by atoms with van der Waals surface area (Å²) in [5.41, 5.74) is 3.13. The molecular formula is C22H25NO2. The predicted molar refractivity (Wildman–Crippen MR) is 101 cm³/mol. The fourth-order valence-corrected chi connectivity index (χ4v) is 2.59. The van der Waals surface area contributed by atoms with E-state index >= 15 is 0 Å². The first-order valence-corrected chi connectivity index (χ1v) is 8.76. The highest BCUT2D eigenvalue weighted by Gasteiger charge is 2.05. The van der Waals surface area contributed by atoms with Crippen LogP contribution in [0.2, 0.25) is 0 Å². The minimum atomic E-state index is 0.266. The van der Waals surface area contributed by atoms with Crippen LogP contribution in [0.3, 0.4) is 0 Å². The second-order valence-corrected chi connectivity index (χ2v) is 6.32. The largest absolute Gasteiger partial charge is 0.478 e. The highest BCUT2D eigenvalue weighted by molar-refractivity contribution is 5.75. The van der Waals surface area contributed by atoms with E-state index in [4.69, 9.17) is 4.74 Å². The Hall–Kier alpha value is -2.60. The lowest BCUT2D eigenvalue weighted by atomic mass is 9.96. The molecule has 0 radical (unpaired) electrons. The molecule has 0 saturated carbocycles. The molecule has 3 heteroatoms. The zero-order valence-electron chi connectivity index (χ0n) is 15.2. The average Bonchev–Trinajstić information content (AvgIpc) is 2.60. The van der Waals surface area contributed by atoms with Crippen molar-refractivity contribution in [2.45, 2.75) is 40.0 Å². The first-order valence-electron chi connectivity index (χ1n) is 8.76. The fraction of sp³-hybridized carbons (Fsp3) is 0.364. The molecule has 0 spiro atoms. The summed E-state index contributed by atoms with van der Waals surface area (Å²) in [4.78, 5) is 15.3. The lowest BCUT2D eigenvalue weighted by molar-refractivity contribution is -0.117. The summed E-state index contributed by atoms with van der Waals surface area (Å²) >= 11 is 0. The number of ether oxygens (including phenoxy) is 1. The smallest absolute Gasteiger partial charge is 0.213 e. The van der Waals surface area contributed by atoms with Gasteiger partial charge in [-0.15, -0.1) is 0 Å². The van der Waals surface area contributed by atoms with Crippen LogP contribution in [0.15, 0.2) is 42.6 Å². The molecule has 1 atom stereocenters. The van der Waals surface area contributed by atoms with Crippen molar-refractivity contribution in [3.05, 3.63) is 59.3 Å². The van der Waals surface area contributed by atoms with Gasteiger partial charge in [0.1, 0.15) is 5.78 Å². The van der Waals surface area contributed by atoms with E-state index < -0.39 is 0 Å². The third-order valence-corrected chi connectivity index (χ3v) is 3.90. The van der Waals surface area contributed by atoms with Crippen LogP contribution < -0.4 is 4.74 Å². The number of hydrogen-bond acceptors (Lipinski definition) is 3. The van der Waals surface area contributed by atoms with Gasteiger partial charge >= 0.3 is 0 Å². The zero-order valence-corrected chi connectivity index (χ0v) is 15.2. The van der Waals surface area contributed by atoms with E-state index in [9.17, 15) is 4.79 Å². The highest BCUT2D eigenvalue weighted by atomic mass is 16.5. The summed E-state index contributed by atoms with van der Waals surface area (Å²) in [6.07, 6.45) is 4.41. The first-order chi connectivity index (χ1) is 12.1. The molecule has 1 heterocycles. The molecule has 130 valence electrons. The topological polar surface area (TPSA) is 39.2 Å². The fourth-order valence-electron chi connectivity index (χ4n) is 2.59. The Balaban J connectivity index is 1.91. The van der Waals surface area contributed by atoms with Gasteiger partial charge in [0.15, 0.2) is 0 Å². The van der Waals surface area contributed by atoms with Crippen molar-refractivity contribution in [1.82, 2.24) is 4.98 Å². The Labute approximate surface area is 150 Å². The summed E-state index contributed by atoms with van der Waals surface area (Å²) in [6, 6.07) is 12.1. The Morgan fingerprint density at radius 3 is 2.40 bits per heavy atom. The van der Waals surface area contributed by atoms with Crippen LogP contribution >= 0.6 is 0 Å². The number of aryl methyl sites for hydroxylation is 1. The summed E-state index contributed by atoms with van der Waals surface area (Å²) in [6.45, 7) is 6.33. The molecule has 0 saturated heterocycles. The number of nitrogens with zero attached hydrogens (tertiary/aromatic N) is 1. The maximum atomic E-state index is 11.1. The van der Waals surface area contributed by atoms with Crippen molar-refractivity contribution in [3.63, 3.8) is 0 Å². The lowest BCUT2D eigenvalue weighted by Crippen LogP contribution is -2.03. The van der Waals surface area contributed by atoms with Gasteiger partial charge in [0.05, 0.1) is 6.61 Å². The molecule has 0 aliphatic heterocycles. The summed E-state index contributed by atoms with van der Waals surface area (Å²) in [5.74, 6) is 7.59. The van der Waals surface area contributed by atoms with E-state index in [1.165, 1.54) is 5.56 Å². The molecule has 25 heavy (non-hydrogen) atoms. The van der Waals surface area contributed by atoms with Gasteiger partial charge < -0.3 is 9.53 Å². The summed E-state index contributed by atoms with van der Waals surface area (Å²) in [7, 11) is 0. The predicted octanol–water partition coefficient (Wildman–Crippen LogP) is 4.43. The van der Waals surface area contributed by atoms with Crippen LogP contribution in [0.4, 0.5) is 0 Å². The van der Waals surface area contributed by atoms with Gasteiger partial charge in [-0.3, -0.25) is 0 Å². The van der Waals surface area contributed by atoms with Crippen LogP contribution in [-0.2, 0) is 11.2 Å². The van der Waals surface area contributed by atoms with Crippen LogP contribution in [0.1, 0.15) is 50.3 Å². The highest BCUT2D eigenvalue weighted by Crippen LogP contribution is 2.14. The maximum absolute atomic E-state index is 11.1. The van der Waals surface area contributed by atoms with Crippen molar-refractivity contribution in [3.8, 4) is 17.7 Å². The number of Topliss-reactive ketones (excluding diaryl/α,β-unsaturated/α-hetero) is 1. The minimum absolute atomic E-state index is 0.266. The van der Waals surface area contributed by atoms with E-state index in [-0.39, 0.29) is 5.78 Å². The number of carbonyl (C=O) groups excluding carboxylic acids is 1. The lowest BCUT2D eigenvalue weighted by Gasteiger charge is -2.08. The molecule has 1 unspecified atom stereocenters. The van der Waals surface area contributed by atoms with Crippen LogP contribution in [0.5, 0.6) is 5.88 Å². The van der Waals surface area contributed by atoms with Gasteiger partial charge in [-0.2, -0.15) is 0 Å². The summed E-state index contributed by atoms with van der Waals surface area (Å²) in [5, 5.41) is 0. The molecule has 0 bridgehead atoms. The third kappa shape index (κ3) is 6.81. The molecule has 0 fully saturated rings. The Bertz CT molecular complexity index is 736. The number of benzene rings is 1. The number of ketones is 1. The normalized spacial score (nSPS) is 11.3. The SMILES string of the molecule is CCOc1ccc(C#Cc2ccc(CCC(C)CC(C)=O)cc2)cn1. The van der Waals surface area contributed by atoms with Crippen molar-refractivity contribution in [2.75, 3.05) is 6.61 Å². The van der Waals surface area contributed by atoms with Crippen LogP contribution in [-0.4, -0.2) is 17.4 Å². The molecule has 0 aliphatic rings. The van der Waals surface area contributed by atoms with Crippen molar-refractivity contribution in [2.24, 2.45) is 5.92 Å². The Morgan fingerprint density at radius 1 is 1.12 bits per heavy atom. The molecule has 2 rings (SSSR count). The number of pyridine rings is 1. The number of hydrogen-bond donors (Lipinski definition) is 0. The molecule has 0 N–H and O–H groups in total. The quantitative estimate of drug-likeness (QED) is 0.703. The maximum Gasteiger partial charge on any atom is 0.213 e. The summed E-state index contributed by atoms with van der Waals surface area (Å²) < 4.78 is 5.32. The number of aromatic nitrogens is 1. The second kappa shape index (κ2) is 9.64. The van der Waals surface area contributed by atoms with Gasteiger partial charge in [-0.05, 0) is 56.4 Å². The second-order valence-electron chi connectivity index (χ2n) is 6.32. The first kappa shape index (κ1) is 18.7. The average molecular weight is 335 g/mol. The van der Waals surface area contributed by atoms with E-state index in [0.29, 0.717) is 24.8 Å². The van der Waals surface area contributed by atoms with Crippen molar-refractivity contribution >= 4 is 5.78 Å². The van der Waals surface area contributed by atoms with Crippen molar-refractivity contribution < 1.29 is 9.53 Å². The van der Waals surface area contributed by atoms with Gasteiger partial charge in [-0.1, -0.05) is 30.9 Å². The molecule has 0 aliphatic carbocycles. The monoisotopic (exact) mass is 335 g/mol. The van der Waals surface area contributed by atoms with E-state index in [1.807, 2.05) is 31.2 Å². The number of rotatable bonds is 7. The van der Waals surface area contributed by atoms with E-state index in [2.05, 4.69) is 35.9 Å². The van der Waals surface area contributed by atoms with Gasteiger partial charge in [-0.25, -0.2) is 4.98 Å². The van der Waals surface area contributed by atoms with Crippen molar-refractivity contribution in [1.29, 1.82) is 0 Å². The Morgan fingerprint density at radius 2 is 1.80 bits per heavy atom. The number of carbonyl (C=O) groups is 1. The standard InChI is InChI=1S/C22H25NO2/c1-4-25-22-14-13-21(16-23-22)12-11-20-9-7-19(8-10-20)6-5-17(2)15-18(3)24/h7-10,13-14,16-17H,4-6,15H2,1-3H3. The van der Waals surface area contributed by atoms with Gasteiger partial charge in [0.2, 0.25) is 5.88 Å². The van der Waals surface area contributed by atoms with Crippen LogP contribution in [0, 0.1) is 17.8 Å². The Kier molecular flexibility index (Phi) is 7.22. The molecule has 0 amide bonds. The zero-order chi connectivity index (χ0) is 18.1. The molecule has 3 nitrogen and oxygen atoms in total. The third-order valence-electron chi connectivity index (χ3n) is 3.90. The molecule has 2 aromatic rings. The van der Waals surface area contributed by atoms with E-state index in [1.54, 1.807) is 13.1 Å². The van der Waals surface area contributed by atoms with Gasteiger partial charge in [0.25, 0.3) is 0 Å². The molecule has 1 aromatic carbocycles. The minimum Gasteiger partial charge on any atom is -0.478 e.